The molecular weight excluding hydrogens is 238 g/mol. The van der Waals surface area contributed by atoms with E-state index in [1.807, 2.05) is 18.5 Å². The van der Waals surface area contributed by atoms with E-state index in [0.717, 1.165) is 19.3 Å². The van der Waals surface area contributed by atoms with Crippen molar-refractivity contribution in [3.05, 3.63) is 60.2 Å². The van der Waals surface area contributed by atoms with Crippen molar-refractivity contribution in [3.8, 4) is 0 Å². The van der Waals surface area contributed by atoms with E-state index >= 15 is 0 Å². The smallest absolute Gasteiger partial charge is 0.265 e. The molecule has 0 aromatic carbocycles. The number of pyridine rings is 2. The second-order valence-corrected chi connectivity index (χ2v) is 4.40. The van der Waals surface area contributed by atoms with Gasteiger partial charge >= 0.3 is 5.91 Å². The first-order valence-electron chi connectivity index (χ1n) is 6.51. The van der Waals surface area contributed by atoms with Gasteiger partial charge in [-0.15, -0.1) is 5.43 Å². The number of aryl methyl sites for hydroxylation is 1. The Hall–Kier alpha value is -2.23. The van der Waals surface area contributed by atoms with Crippen molar-refractivity contribution in [2.75, 3.05) is 5.43 Å². The third-order valence-corrected chi connectivity index (χ3v) is 2.85. The maximum absolute atomic E-state index is 12.0. The van der Waals surface area contributed by atoms with E-state index in [9.17, 15) is 4.79 Å². The van der Waals surface area contributed by atoms with Crippen LogP contribution in [0, 0.1) is 0 Å². The molecule has 0 aliphatic heterocycles. The predicted octanol–water partition coefficient (Wildman–Crippen LogP) is 2.10. The normalized spacial score (nSPS) is 10.2. The first kappa shape index (κ1) is 13.2. The summed E-state index contributed by atoms with van der Waals surface area (Å²) in [5.41, 5.74) is 4.65. The molecule has 2 aromatic heterocycles. The summed E-state index contributed by atoms with van der Waals surface area (Å²) in [6.07, 6.45) is 10.3. The summed E-state index contributed by atoms with van der Waals surface area (Å²) in [7, 11) is 0. The Balaban J connectivity index is 2.05. The minimum atomic E-state index is -0.139. The largest absolute Gasteiger partial charge is 0.305 e. The second-order valence-electron chi connectivity index (χ2n) is 4.40. The molecule has 0 radical (unpaired) electrons. The van der Waals surface area contributed by atoms with Gasteiger partial charge in [0.05, 0.1) is 0 Å². The third-order valence-electron chi connectivity index (χ3n) is 2.85. The SMILES string of the molecule is CCCCc1ccc[n+](NC(=O)c2ccncc2)c1. The van der Waals surface area contributed by atoms with Gasteiger partial charge in [-0.3, -0.25) is 9.78 Å². The minimum absolute atomic E-state index is 0.139. The quantitative estimate of drug-likeness (QED) is 0.833. The number of unbranched alkanes of at least 4 members (excludes halogenated alkanes) is 1. The fourth-order valence-corrected chi connectivity index (χ4v) is 1.81. The summed E-state index contributed by atoms with van der Waals surface area (Å²) in [6.45, 7) is 2.17. The van der Waals surface area contributed by atoms with Gasteiger partial charge in [0.2, 0.25) is 6.20 Å². The number of aromatic nitrogens is 2. The molecule has 0 bridgehead atoms. The van der Waals surface area contributed by atoms with Gasteiger partial charge in [0, 0.05) is 29.6 Å². The molecule has 0 aliphatic rings. The highest BCUT2D eigenvalue weighted by Gasteiger charge is 2.10. The second kappa shape index (κ2) is 6.64. The summed E-state index contributed by atoms with van der Waals surface area (Å²) in [5.74, 6) is -0.139. The molecule has 4 nitrogen and oxygen atoms in total. The lowest BCUT2D eigenvalue weighted by Crippen LogP contribution is -2.48. The van der Waals surface area contributed by atoms with Gasteiger partial charge in [0.15, 0.2) is 6.20 Å². The van der Waals surface area contributed by atoms with Crippen molar-refractivity contribution in [3.63, 3.8) is 0 Å². The fraction of sp³-hybridized carbons (Fsp3) is 0.267. The number of hydrogen-bond donors (Lipinski definition) is 1. The number of amides is 1. The lowest BCUT2D eigenvalue weighted by Gasteiger charge is -2.01. The van der Waals surface area contributed by atoms with Crippen LogP contribution in [0.3, 0.4) is 0 Å². The monoisotopic (exact) mass is 256 g/mol. The number of rotatable bonds is 5. The number of carbonyl (C=O) groups is 1. The Morgan fingerprint density at radius 1 is 1.32 bits per heavy atom. The number of nitrogens with one attached hydrogen (secondary N) is 1. The van der Waals surface area contributed by atoms with Crippen molar-refractivity contribution >= 4 is 5.91 Å². The van der Waals surface area contributed by atoms with Crippen LogP contribution in [0.4, 0.5) is 0 Å². The van der Waals surface area contributed by atoms with Crippen LogP contribution < -0.4 is 10.1 Å². The third kappa shape index (κ3) is 3.88. The molecule has 0 saturated heterocycles. The van der Waals surface area contributed by atoms with E-state index in [-0.39, 0.29) is 5.91 Å². The zero-order valence-electron chi connectivity index (χ0n) is 11.0. The molecule has 98 valence electrons. The molecule has 1 N–H and O–H groups in total. The molecule has 2 aromatic rings. The Morgan fingerprint density at radius 3 is 2.84 bits per heavy atom. The van der Waals surface area contributed by atoms with E-state index in [1.165, 1.54) is 5.56 Å². The Morgan fingerprint density at radius 2 is 2.11 bits per heavy atom. The van der Waals surface area contributed by atoms with Gasteiger partial charge in [-0.25, -0.2) is 0 Å². The highest BCUT2D eigenvalue weighted by Crippen LogP contribution is 2.01. The lowest BCUT2D eigenvalue weighted by molar-refractivity contribution is -0.641. The zero-order valence-corrected chi connectivity index (χ0v) is 11.0. The summed E-state index contributed by atoms with van der Waals surface area (Å²) >= 11 is 0. The first-order chi connectivity index (χ1) is 9.29. The Bertz CT molecular complexity index is 540. The maximum Gasteiger partial charge on any atom is 0.305 e. The maximum atomic E-state index is 12.0. The molecular formula is C15H18N3O+. The van der Waals surface area contributed by atoms with Crippen LogP contribution in [0.1, 0.15) is 35.7 Å². The van der Waals surface area contributed by atoms with Crippen molar-refractivity contribution in [1.82, 2.24) is 4.98 Å². The van der Waals surface area contributed by atoms with Gasteiger partial charge in [0.1, 0.15) is 0 Å². The number of nitrogens with zero attached hydrogens (tertiary/aromatic N) is 2. The predicted molar refractivity (Wildman–Crippen MR) is 73.2 cm³/mol. The van der Waals surface area contributed by atoms with Crippen LogP contribution in [0.25, 0.3) is 0 Å². The van der Waals surface area contributed by atoms with Gasteiger partial charge in [-0.1, -0.05) is 18.0 Å². The molecule has 0 spiro atoms. The van der Waals surface area contributed by atoms with E-state index in [2.05, 4.69) is 23.4 Å². The van der Waals surface area contributed by atoms with E-state index in [0.29, 0.717) is 5.56 Å². The average molecular weight is 256 g/mol. The Labute approximate surface area is 113 Å². The molecule has 2 heterocycles. The zero-order chi connectivity index (χ0) is 13.5. The van der Waals surface area contributed by atoms with E-state index in [1.54, 1.807) is 29.2 Å². The molecule has 0 saturated carbocycles. The van der Waals surface area contributed by atoms with Crippen LogP contribution in [-0.2, 0) is 6.42 Å². The van der Waals surface area contributed by atoms with Crippen LogP contribution in [-0.4, -0.2) is 10.9 Å². The molecule has 19 heavy (non-hydrogen) atoms. The lowest BCUT2D eigenvalue weighted by atomic mass is 10.1. The van der Waals surface area contributed by atoms with Crippen LogP contribution in [0.2, 0.25) is 0 Å². The Kier molecular flexibility index (Phi) is 4.61. The van der Waals surface area contributed by atoms with Gasteiger partial charge < -0.3 is 0 Å². The number of hydrogen-bond acceptors (Lipinski definition) is 2. The molecule has 2 rings (SSSR count). The van der Waals surface area contributed by atoms with Gasteiger partial charge in [0.25, 0.3) is 0 Å². The van der Waals surface area contributed by atoms with E-state index in [4.69, 9.17) is 0 Å². The topological polar surface area (TPSA) is 45.9 Å². The highest BCUT2D eigenvalue weighted by atomic mass is 16.2. The molecule has 0 aliphatic carbocycles. The van der Waals surface area contributed by atoms with Crippen molar-refractivity contribution in [1.29, 1.82) is 0 Å². The van der Waals surface area contributed by atoms with E-state index < -0.39 is 0 Å². The molecule has 4 heteroatoms. The fourth-order valence-electron chi connectivity index (χ4n) is 1.81. The van der Waals surface area contributed by atoms with Crippen LogP contribution in [0.15, 0.2) is 49.1 Å². The number of carbonyl (C=O) groups excluding carboxylic acids is 1. The van der Waals surface area contributed by atoms with Crippen molar-refractivity contribution in [2.45, 2.75) is 26.2 Å². The average Bonchev–Trinajstić information content (AvgIpc) is 2.46. The van der Waals surface area contributed by atoms with Crippen molar-refractivity contribution < 1.29 is 9.47 Å². The summed E-state index contributed by atoms with van der Waals surface area (Å²) in [5, 5.41) is 0. The molecule has 1 amide bonds. The standard InChI is InChI=1S/C15H17N3O/c1-2-3-5-13-6-4-11-18(12-13)17-15(19)14-7-9-16-10-8-14/h4,6-12H,2-3,5H2,1H3/p+1. The molecule has 0 fully saturated rings. The molecule has 0 atom stereocenters. The summed E-state index contributed by atoms with van der Waals surface area (Å²) in [4.78, 5) is 15.9. The first-order valence-corrected chi connectivity index (χ1v) is 6.51. The van der Waals surface area contributed by atoms with Crippen molar-refractivity contribution in [2.24, 2.45) is 0 Å². The highest BCUT2D eigenvalue weighted by molar-refractivity contribution is 5.98. The van der Waals surface area contributed by atoms with Gasteiger partial charge in [-0.05, 0) is 31.0 Å². The minimum Gasteiger partial charge on any atom is -0.265 e. The summed E-state index contributed by atoms with van der Waals surface area (Å²) < 4.78 is 1.70. The van der Waals surface area contributed by atoms with Crippen LogP contribution in [0.5, 0.6) is 0 Å². The van der Waals surface area contributed by atoms with Gasteiger partial charge in [-0.2, -0.15) is 0 Å². The molecule has 0 unspecified atom stereocenters. The summed E-state index contributed by atoms with van der Waals surface area (Å²) in [6, 6.07) is 7.40. The van der Waals surface area contributed by atoms with Crippen LogP contribution >= 0.6 is 0 Å².